The van der Waals surface area contributed by atoms with Gasteiger partial charge in [0, 0.05) is 25.1 Å². The number of nitrogens with one attached hydrogen (secondary N) is 1. The summed E-state index contributed by atoms with van der Waals surface area (Å²) in [5, 5.41) is 8.79. The van der Waals surface area contributed by atoms with Crippen LogP contribution in [0.1, 0.15) is 25.0 Å². The minimum atomic E-state index is 0.884. The van der Waals surface area contributed by atoms with Crippen molar-refractivity contribution < 1.29 is 0 Å². The minimum Gasteiger partial charge on any atom is -0.311 e. The van der Waals surface area contributed by atoms with Gasteiger partial charge in [0.25, 0.3) is 0 Å². The van der Waals surface area contributed by atoms with E-state index in [0.29, 0.717) is 0 Å². The molecule has 0 fully saturated rings. The standard InChI is InChI=1S/C10H18BrN3/c1-14-8-5-10(13-14)9-12-7-4-2-3-6-11/h5,8,12H,2-4,6-7,9H2,1H3. The van der Waals surface area contributed by atoms with Crippen molar-refractivity contribution in [1.82, 2.24) is 15.1 Å². The number of alkyl halides is 1. The summed E-state index contributed by atoms with van der Waals surface area (Å²) < 4.78 is 1.84. The zero-order valence-electron chi connectivity index (χ0n) is 8.67. The average molecular weight is 260 g/mol. The minimum absolute atomic E-state index is 0.884. The zero-order chi connectivity index (χ0) is 10.2. The number of aryl methyl sites for hydroxylation is 1. The second-order valence-electron chi connectivity index (χ2n) is 3.41. The number of unbranched alkanes of at least 4 members (excludes halogenated alkanes) is 2. The lowest BCUT2D eigenvalue weighted by Gasteiger charge is -2.01. The van der Waals surface area contributed by atoms with Crippen molar-refractivity contribution >= 4 is 15.9 Å². The molecule has 0 spiro atoms. The molecule has 0 unspecified atom stereocenters. The molecule has 0 radical (unpaired) electrons. The van der Waals surface area contributed by atoms with Crippen LogP contribution < -0.4 is 5.32 Å². The molecule has 1 aromatic rings. The maximum atomic E-state index is 4.29. The molecule has 0 aliphatic heterocycles. The van der Waals surface area contributed by atoms with E-state index in [1.54, 1.807) is 0 Å². The van der Waals surface area contributed by atoms with E-state index in [4.69, 9.17) is 0 Å². The first kappa shape index (κ1) is 11.7. The van der Waals surface area contributed by atoms with Crippen LogP contribution in [0.25, 0.3) is 0 Å². The summed E-state index contributed by atoms with van der Waals surface area (Å²) in [5.74, 6) is 0. The van der Waals surface area contributed by atoms with Gasteiger partial charge in [-0.15, -0.1) is 0 Å². The van der Waals surface area contributed by atoms with E-state index in [2.05, 4.69) is 26.3 Å². The van der Waals surface area contributed by atoms with Gasteiger partial charge in [-0.3, -0.25) is 4.68 Å². The molecule has 4 heteroatoms. The van der Waals surface area contributed by atoms with Gasteiger partial charge in [0.2, 0.25) is 0 Å². The smallest absolute Gasteiger partial charge is 0.0762 e. The Hall–Kier alpha value is -0.350. The van der Waals surface area contributed by atoms with Gasteiger partial charge in [0.05, 0.1) is 5.69 Å². The maximum absolute atomic E-state index is 4.29. The predicted octanol–water partition coefficient (Wildman–Crippen LogP) is 2.07. The zero-order valence-corrected chi connectivity index (χ0v) is 10.3. The van der Waals surface area contributed by atoms with Gasteiger partial charge in [-0.2, -0.15) is 5.10 Å². The van der Waals surface area contributed by atoms with E-state index in [9.17, 15) is 0 Å². The monoisotopic (exact) mass is 259 g/mol. The lowest BCUT2D eigenvalue weighted by Crippen LogP contribution is -2.15. The summed E-state index contributed by atoms with van der Waals surface area (Å²) in [6.45, 7) is 1.97. The number of aromatic nitrogens is 2. The van der Waals surface area contributed by atoms with Crippen molar-refractivity contribution in [3.63, 3.8) is 0 Å². The molecule has 0 aromatic carbocycles. The topological polar surface area (TPSA) is 29.9 Å². The molecule has 0 saturated carbocycles. The lowest BCUT2D eigenvalue weighted by atomic mass is 10.2. The van der Waals surface area contributed by atoms with Crippen LogP contribution in [-0.4, -0.2) is 21.7 Å². The first-order valence-electron chi connectivity index (χ1n) is 5.08. The van der Waals surface area contributed by atoms with Gasteiger partial charge < -0.3 is 5.32 Å². The molecule has 1 N–H and O–H groups in total. The summed E-state index contributed by atoms with van der Waals surface area (Å²) in [4.78, 5) is 0. The van der Waals surface area contributed by atoms with Crippen LogP contribution in [0.5, 0.6) is 0 Å². The molecule has 3 nitrogen and oxygen atoms in total. The van der Waals surface area contributed by atoms with E-state index in [1.165, 1.54) is 19.3 Å². The second-order valence-corrected chi connectivity index (χ2v) is 4.20. The van der Waals surface area contributed by atoms with Crippen LogP contribution in [0.4, 0.5) is 0 Å². The maximum Gasteiger partial charge on any atom is 0.0762 e. The third-order valence-electron chi connectivity index (χ3n) is 2.06. The average Bonchev–Trinajstić information content (AvgIpc) is 2.58. The fraction of sp³-hybridized carbons (Fsp3) is 0.700. The fourth-order valence-electron chi connectivity index (χ4n) is 1.30. The highest BCUT2D eigenvalue weighted by atomic mass is 79.9. The largest absolute Gasteiger partial charge is 0.311 e. The van der Waals surface area contributed by atoms with E-state index in [0.717, 1.165) is 24.1 Å². The highest BCUT2D eigenvalue weighted by molar-refractivity contribution is 9.09. The van der Waals surface area contributed by atoms with Gasteiger partial charge in [-0.05, 0) is 25.5 Å². The molecule has 0 atom stereocenters. The molecule has 0 bridgehead atoms. The number of rotatable bonds is 7. The fourth-order valence-corrected chi connectivity index (χ4v) is 1.69. The van der Waals surface area contributed by atoms with Crippen LogP contribution >= 0.6 is 15.9 Å². The Balaban J connectivity index is 1.99. The van der Waals surface area contributed by atoms with Crippen LogP contribution in [-0.2, 0) is 13.6 Å². The molecule has 80 valence electrons. The van der Waals surface area contributed by atoms with E-state index in [1.807, 2.05) is 24.0 Å². The molecule has 0 aliphatic carbocycles. The van der Waals surface area contributed by atoms with Crippen molar-refractivity contribution in [1.29, 1.82) is 0 Å². The molecule has 1 heterocycles. The van der Waals surface area contributed by atoms with Crippen molar-refractivity contribution in [2.45, 2.75) is 25.8 Å². The Bertz CT molecular complexity index is 247. The summed E-state index contributed by atoms with van der Waals surface area (Å²) >= 11 is 3.42. The Morgan fingerprint density at radius 3 is 2.93 bits per heavy atom. The van der Waals surface area contributed by atoms with Crippen LogP contribution in [0.3, 0.4) is 0 Å². The Labute approximate surface area is 94.0 Å². The van der Waals surface area contributed by atoms with Gasteiger partial charge in [0.15, 0.2) is 0 Å². The first-order chi connectivity index (χ1) is 6.83. The van der Waals surface area contributed by atoms with Gasteiger partial charge in [0.1, 0.15) is 0 Å². The number of hydrogen-bond acceptors (Lipinski definition) is 2. The second kappa shape index (κ2) is 7.01. The van der Waals surface area contributed by atoms with Gasteiger partial charge in [-0.1, -0.05) is 22.4 Å². The molecule has 0 aliphatic rings. The van der Waals surface area contributed by atoms with E-state index in [-0.39, 0.29) is 0 Å². The first-order valence-corrected chi connectivity index (χ1v) is 6.20. The normalized spacial score (nSPS) is 10.7. The van der Waals surface area contributed by atoms with Crippen LogP contribution in [0.2, 0.25) is 0 Å². The van der Waals surface area contributed by atoms with Crippen LogP contribution in [0, 0.1) is 0 Å². The highest BCUT2D eigenvalue weighted by Gasteiger charge is 1.95. The van der Waals surface area contributed by atoms with Crippen molar-refractivity contribution in [3.05, 3.63) is 18.0 Å². The Morgan fingerprint density at radius 2 is 2.29 bits per heavy atom. The molecule has 1 aromatic heterocycles. The molecular formula is C10H18BrN3. The molecule has 0 saturated heterocycles. The predicted molar refractivity (Wildman–Crippen MR) is 62.6 cm³/mol. The number of halogens is 1. The lowest BCUT2D eigenvalue weighted by molar-refractivity contribution is 0.605. The van der Waals surface area contributed by atoms with E-state index < -0.39 is 0 Å². The number of nitrogens with zero attached hydrogens (tertiary/aromatic N) is 2. The summed E-state index contributed by atoms with van der Waals surface area (Å²) in [7, 11) is 1.94. The summed E-state index contributed by atoms with van der Waals surface area (Å²) in [6, 6.07) is 2.05. The Kier molecular flexibility index (Phi) is 5.87. The third kappa shape index (κ3) is 4.77. The quantitative estimate of drug-likeness (QED) is 0.601. The van der Waals surface area contributed by atoms with E-state index >= 15 is 0 Å². The molecule has 1 rings (SSSR count). The SMILES string of the molecule is Cn1ccc(CNCCCCCBr)n1. The van der Waals surface area contributed by atoms with Crippen molar-refractivity contribution in [2.24, 2.45) is 7.05 Å². The number of hydrogen-bond donors (Lipinski definition) is 1. The summed E-state index contributed by atoms with van der Waals surface area (Å²) in [6.07, 6.45) is 5.78. The molecule has 14 heavy (non-hydrogen) atoms. The highest BCUT2D eigenvalue weighted by Crippen LogP contribution is 1.98. The van der Waals surface area contributed by atoms with Crippen molar-refractivity contribution in [3.8, 4) is 0 Å². The van der Waals surface area contributed by atoms with Gasteiger partial charge in [-0.25, -0.2) is 0 Å². The van der Waals surface area contributed by atoms with Crippen molar-refractivity contribution in [2.75, 3.05) is 11.9 Å². The van der Waals surface area contributed by atoms with Crippen LogP contribution in [0.15, 0.2) is 12.3 Å². The molecular weight excluding hydrogens is 242 g/mol. The molecule has 0 amide bonds. The third-order valence-corrected chi connectivity index (χ3v) is 2.62. The van der Waals surface area contributed by atoms with Gasteiger partial charge >= 0.3 is 0 Å². The summed E-state index contributed by atoms with van der Waals surface area (Å²) in [5.41, 5.74) is 1.12. The Morgan fingerprint density at radius 1 is 1.43 bits per heavy atom.